The van der Waals surface area contributed by atoms with Crippen molar-refractivity contribution in [3.8, 4) is 5.88 Å². The number of ether oxygens (including phenoxy) is 1. The largest absolute Gasteiger partial charge is 0.480 e. The number of halogens is 2. The molecule has 2 aromatic rings. The molecule has 0 unspecified atom stereocenters. The molecule has 1 aromatic carbocycles. The minimum absolute atomic E-state index is 0.135. The zero-order valence-corrected chi connectivity index (χ0v) is 13.4. The van der Waals surface area contributed by atoms with E-state index in [0.717, 1.165) is 0 Å². The highest BCUT2D eigenvalue weighted by Crippen LogP contribution is 2.32. The van der Waals surface area contributed by atoms with E-state index in [1.165, 1.54) is 25.4 Å². The summed E-state index contributed by atoms with van der Waals surface area (Å²) in [4.78, 5) is 16.3. The summed E-state index contributed by atoms with van der Waals surface area (Å²) < 4.78 is 5.03. The molecule has 0 radical (unpaired) electrons. The second-order valence-electron chi connectivity index (χ2n) is 4.31. The predicted octanol–water partition coefficient (Wildman–Crippen LogP) is 2.74. The number of nitrogens with zero attached hydrogens (tertiary/aromatic N) is 2. The van der Waals surface area contributed by atoms with Crippen LogP contribution >= 0.6 is 23.2 Å². The number of rotatable bonds is 4. The van der Waals surface area contributed by atoms with E-state index in [0.29, 0.717) is 5.56 Å². The van der Waals surface area contributed by atoms with Crippen molar-refractivity contribution in [3.05, 3.63) is 51.6 Å². The number of carbonyl (C=O) groups excluding carboxylic acids is 1. The lowest BCUT2D eigenvalue weighted by Crippen LogP contribution is -2.16. The number of pyridine rings is 1. The molecule has 0 aliphatic heterocycles. The molecule has 0 saturated heterocycles. The van der Waals surface area contributed by atoms with Gasteiger partial charge in [-0.15, -0.1) is 0 Å². The molecule has 9 heteroatoms. The van der Waals surface area contributed by atoms with Gasteiger partial charge >= 0.3 is 0 Å². The van der Waals surface area contributed by atoms with Crippen LogP contribution in [0.5, 0.6) is 5.88 Å². The molecule has 0 saturated carbocycles. The first kappa shape index (κ1) is 16.9. The topological polar surface area (TPSA) is 110 Å². The summed E-state index contributed by atoms with van der Waals surface area (Å²) in [5.41, 5.74) is 6.22. The first-order valence-electron chi connectivity index (χ1n) is 6.25. The molecular formula is C14H12Cl2N4O3. The number of hydrogen-bond acceptors (Lipinski definition) is 5. The number of oxime groups is 1. The van der Waals surface area contributed by atoms with Crippen molar-refractivity contribution in [2.75, 3.05) is 12.4 Å². The Hall–Kier alpha value is -2.51. The SMILES string of the molecule is COc1ncccc1C(=O)Nc1c(Cl)cc(/C(N)=N/O)cc1Cl. The quantitative estimate of drug-likeness (QED) is 0.338. The Balaban J connectivity index is 2.35. The molecule has 4 N–H and O–H groups in total. The number of carbonyl (C=O) groups is 1. The maximum absolute atomic E-state index is 12.3. The first-order valence-corrected chi connectivity index (χ1v) is 7.00. The Bertz CT molecular complexity index is 757. The van der Waals surface area contributed by atoms with Crippen molar-refractivity contribution in [1.82, 2.24) is 4.98 Å². The third-order valence-corrected chi connectivity index (χ3v) is 3.49. The highest BCUT2D eigenvalue weighted by Gasteiger charge is 2.17. The van der Waals surface area contributed by atoms with Crippen molar-refractivity contribution >= 4 is 40.6 Å². The second-order valence-corrected chi connectivity index (χ2v) is 5.13. The zero-order chi connectivity index (χ0) is 17.0. The molecule has 0 aliphatic carbocycles. The molecule has 0 fully saturated rings. The standard InChI is InChI=1S/C14H12Cl2N4O3/c1-23-14-8(3-2-4-18-14)13(21)19-11-9(15)5-7(6-10(11)16)12(17)20-22/h2-6,22H,1H3,(H2,17,20)(H,19,21). The van der Waals surface area contributed by atoms with Crippen LogP contribution in [0, 0.1) is 0 Å². The van der Waals surface area contributed by atoms with Crippen molar-refractivity contribution in [1.29, 1.82) is 0 Å². The van der Waals surface area contributed by atoms with E-state index < -0.39 is 5.91 Å². The summed E-state index contributed by atoms with van der Waals surface area (Å²) in [6, 6.07) is 5.98. The first-order chi connectivity index (χ1) is 11.0. The molecule has 1 aromatic heterocycles. The summed E-state index contributed by atoms with van der Waals surface area (Å²) in [6.07, 6.45) is 1.50. The molecule has 2 rings (SSSR count). The van der Waals surface area contributed by atoms with Crippen LogP contribution in [0.1, 0.15) is 15.9 Å². The lowest BCUT2D eigenvalue weighted by Gasteiger charge is -2.12. The molecule has 0 spiro atoms. The number of hydrogen-bond donors (Lipinski definition) is 3. The van der Waals surface area contributed by atoms with Gasteiger partial charge in [-0.1, -0.05) is 28.4 Å². The van der Waals surface area contributed by atoms with Gasteiger partial charge in [-0.2, -0.15) is 0 Å². The Morgan fingerprint density at radius 1 is 1.39 bits per heavy atom. The summed E-state index contributed by atoms with van der Waals surface area (Å²) in [5, 5.41) is 14.4. The third kappa shape index (κ3) is 3.64. The number of benzene rings is 1. The van der Waals surface area contributed by atoms with Crippen LogP contribution in [0.2, 0.25) is 10.0 Å². The van der Waals surface area contributed by atoms with Crippen molar-refractivity contribution < 1.29 is 14.7 Å². The fraction of sp³-hybridized carbons (Fsp3) is 0.0714. The van der Waals surface area contributed by atoms with Gasteiger partial charge in [0.2, 0.25) is 5.88 Å². The van der Waals surface area contributed by atoms with Crippen molar-refractivity contribution in [2.45, 2.75) is 0 Å². The number of aromatic nitrogens is 1. The van der Waals surface area contributed by atoms with Crippen LogP contribution in [0.15, 0.2) is 35.6 Å². The average molecular weight is 355 g/mol. The van der Waals surface area contributed by atoms with Gasteiger partial charge in [0.15, 0.2) is 5.84 Å². The monoisotopic (exact) mass is 354 g/mol. The van der Waals surface area contributed by atoms with Crippen molar-refractivity contribution in [2.24, 2.45) is 10.9 Å². The number of amides is 1. The lowest BCUT2D eigenvalue weighted by atomic mass is 10.1. The maximum atomic E-state index is 12.3. The van der Waals surface area contributed by atoms with E-state index in [1.807, 2.05) is 0 Å². The molecule has 120 valence electrons. The number of nitrogens with two attached hydrogens (primary N) is 1. The smallest absolute Gasteiger partial charge is 0.261 e. The van der Waals surface area contributed by atoms with Crippen molar-refractivity contribution in [3.63, 3.8) is 0 Å². The zero-order valence-electron chi connectivity index (χ0n) is 11.9. The fourth-order valence-electron chi connectivity index (χ4n) is 1.81. The van der Waals surface area contributed by atoms with Crippen LogP contribution in [0.25, 0.3) is 0 Å². The van der Waals surface area contributed by atoms with Gasteiger partial charge in [-0.05, 0) is 24.3 Å². The highest BCUT2D eigenvalue weighted by molar-refractivity contribution is 6.40. The Morgan fingerprint density at radius 2 is 2.04 bits per heavy atom. The molecule has 1 heterocycles. The van der Waals surface area contributed by atoms with Gasteiger partial charge in [0, 0.05) is 11.8 Å². The Kier molecular flexibility index (Phi) is 5.25. The number of nitrogens with one attached hydrogen (secondary N) is 1. The molecule has 0 bridgehead atoms. The van der Waals surface area contributed by atoms with Gasteiger partial charge in [0.05, 0.1) is 22.8 Å². The van der Waals surface area contributed by atoms with Crippen LogP contribution in [-0.4, -0.2) is 29.0 Å². The number of amidine groups is 1. The molecular weight excluding hydrogens is 343 g/mol. The number of methoxy groups -OCH3 is 1. The van der Waals surface area contributed by atoms with E-state index in [-0.39, 0.29) is 33.0 Å². The summed E-state index contributed by atoms with van der Waals surface area (Å²) in [6.45, 7) is 0. The third-order valence-electron chi connectivity index (χ3n) is 2.89. The highest BCUT2D eigenvalue weighted by atomic mass is 35.5. The van der Waals surface area contributed by atoms with E-state index in [1.54, 1.807) is 12.1 Å². The van der Waals surface area contributed by atoms with E-state index in [2.05, 4.69) is 15.5 Å². The lowest BCUT2D eigenvalue weighted by molar-refractivity contribution is 0.102. The maximum Gasteiger partial charge on any atom is 0.261 e. The normalized spacial score (nSPS) is 11.2. The minimum Gasteiger partial charge on any atom is -0.480 e. The second kappa shape index (κ2) is 7.17. The van der Waals surface area contributed by atoms with Crippen LogP contribution in [0.3, 0.4) is 0 Å². The predicted molar refractivity (Wildman–Crippen MR) is 87.7 cm³/mol. The summed E-state index contributed by atoms with van der Waals surface area (Å²) in [7, 11) is 1.41. The summed E-state index contributed by atoms with van der Waals surface area (Å²) in [5.74, 6) is -0.471. The van der Waals surface area contributed by atoms with E-state index in [4.69, 9.17) is 38.9 Å². The van der Waals surface area contributed by atoms with Crippen LogP contribution in [0.4, 0.5) is 5.69 Å². The molecule has 23 heavy (non-hydrogen) atoms. The van der Waals surface area contributed by atoms with Gasteiger partial charge in [0.25, 0.3) is 5.91 Å². The van der Waals surface area contributed by atoms with Crippen LogP contribution in [-0.2, 0) is 0 Å². The van der Waals surface area contributed by atoms with Gasteiger partial charge < -0.3 is 21.0 Å². The Labute approximate surface area is 141 Å². The fourth-order valence-corrected chi connectivity index (χ4v) is 2.39. The van der Waals surface area contributed by atoms with Gasteiger partial charge in [0.1, 0.15) is 5.56 Å². The number of anilines is 1. The molecule has 7 nitrogen and oxygen atoms in total. The van der Waals surface area contributed by atoms with E-state index >= 15 is 0 Å². The molecule has 1 amide bonds. The Morgan fingerprint density at radius 3 is 2.61 bits per heavy atom. The average Bonchev–Trinajstić information content (AvgIpc) is 2.56. The molecule has 0 aliphatic rings. The van der Waals surface area contributed by atoms with E-state index in [9.17, 15) is 4.79 Å². The van der Waals surface area contributed by atoms with Gasteiger partial charge in [-0.3, -0.25) is 4.79 Å². The summed E-state index contributed by atoms with van der Waals surface area (Å²) >= 11 is 12.2. The van der Waals surface area contributed by atoms with Gasteiger partial charge in [-0.25, -0.2) is 4.98 Å². The minimum atomic E-state index is -0.490. The van der Waals surface area contributed by atoms with Crippen LogP contribution < -0.4 is 15.8 Å². The molecule has 0 atom stereocenters.